The minimum atomic E-state index is -0.498. The predicted molar refractivity (Wildman–Crippen MR) is 102 cm³/mol. The zero-order chi connectivity index (χ0) is 19.2. The van der Waals surface area contributed by atoms with Gasteiger partial charge in [0.1, 0.15) is 11.5 Å². The Labute approximate surface area is 158 Å². The van der Waals surface area contributed by atoms with Gasteiger partial charge in [0.05, 0.1) is 10.5 Å². The second-order valence-corrected chi connectivity index (χ2v) is 6.65. The number of benzene rings is 2. The van der Waals surface area contributed by atoms with E-state index in [9.17, 15) is 14.9 Å². The molecule has 0 spiro atoms. The lowest BCUT2D eigenvalue weighted by Crippen LogP contribution is -2.40. The maximum Gasteiger partial charge on any atom is 0.270 e. The van der Waals surface area contributed by atoms with E-state index >= 15 is 0 Å². The van der Waals surface area contributed by atoms with Crippen LogP contribution in [-0.4, -0.2) is 42.4 Å². The summed E-state index contributed by atoms with van der Waals surface area (Å²) >= 11 is 0. The quantitative estimate of drug-likeness (QED) is 0.623. The molecular weight excluding hydrogens is 346 g/mol. The number of likely N-dealkylation sites (tertiary alicyclic amines) is 1. The monoisotopic (exact) mass is 369 g/mol. The summed E-state index contributed by atoms with van der Waals surface area (Å²) in [6.07, 6.45) is 1.83. The first-order chi connectivity index (χ1) is 13.1. The molecule has 142 valence electrons. The van der Waals surface area contributed by atoms with E-state index < -0.39 is 4.92 Å². The minimum Gasteiger partial charge on any atom is -0.457 e. The summed E-state index contributed by atoms with van der Waals surface area (Å²) in [6.45, 7) is 2.21. The van der Waals surface area contributed by atoms with Gasteiger partial charge in [-0.05, 0) is 50.6 Å². The Balaban J connectivity index is 1.84. The molecule has 1 heterocycles. The van der Waals surface area contributed by atoms with Gasteiger partial charge < -0.3 is 15.0 Å². The molecule has 7 nitrogen and oxygen atoms in total. The summed E-state index contributed by atoms with van der Waals surface area (Å²) in [5.74, 6) is 1.22. The lowest BCUT2D eigenvalue weighted by molar-refractivity contribution is -0.384. The van der Waals surface area contributed by atoms with Crippen molar-refractivity contribution in [2.75, 3.05) is 26.7 Å². The second-order valence-electron chi connectivity index (χ2n) is 6.65. The highest BCUT2D eigenvalue weighted by Gasteiger charge is 2.27. The molecule has 0 radical (unpaired) electrons. The van der Waals surface area contributed by atoms with Crippen molar-refractivity contribution in [3.05, 3.63) is 64.2 Å². The highest BCUT2D eigenvalue weighted by Crippen LogP contribution is 2.30. The average Bonchev–Trinajstić information content (AvgIpc) is 2.69. The van der Waals surface area contributed by atoms with E-state index in [0.29, 0.717) is 30.5 Å². The number of hydrogen-bond acceptors (Lipinski definition) is 5. The summed E-state index contributed by atoms with van der Waals surface area (Å²) in [7, 11) is 1.92. The van der Waals surface area contributed by atoms with Crippen molar-refractivity contribution < 1.29 is 14.5 Å². The van der Waals surface area contributed by atoms with Gasteiger partial charge in [0, 0.05) is 25.2 Å². The van der Waals surface area contributed by atoms with Crippen LogP contribution in [0.1, 0.15) is 23.2 Å². The van der Waals surface area contributed by atoms with Gasteiger partial charge in [-0.2, -0.15) is 0 Å². The topological polar surface area (TPSA) is 84.7 Å². The van der Waals surface area contributed by atoms with Crippen LogP contribution in [0.4, 0.5) is 5.69 Å². The number of piperidine rings is 1. The van der Waals surface area contributed by atoms with Crippen molar-refractivity contribution in [1.29, 1.82) is 0 Å². The maximum absolute atomic E-state index is 13.1. The third-order valence-electron chi connectivity index (χ3n) is 4.77. The van der Waals surface area contributed by atoms with Crippen LogP contribution in [-0.2, 0) is 0 Å². The van der Waals surface area contributed by atoms with Gasteiger partial charge in [0.25, 0.3) is 11.6 Å². The van der Waals surface area contributed by atoms with Crippen LogP contribution in [0.2, 0.25) is 0 Å². The van der Waals surface area contributed by atoms with Gasteiger partial charge in [-0.15, -0.1) is 0 Å². The summed E-state index contributed by atoms with van der Waals surface area (Å²) in [5, 5.41) is 14.3. The molecule has 0 aliphatic carbocycles. The first kappa shape index (κ1) is 18.8. The number of rotatable bonds is 6. The van der Waals surface area contributed by atoms with Crippen LogP contribution >= 0.6 is 0 Å². The smallest absolute Gasteiger partial charge is 0.270 e. The summed E-state index contributed by atoms with van der Waals surface area (Å²) in [5.41, 5.74) is 0.101. The van der Waals surface area contributed by atoms with Crippen molar-refractivity contribution in [1.82, 2.24) is 10.2 Å². The normalized spacial score (nSPS) is 14.8. The molecule has 7 heteroatoms. The third kappa shape index (κ3) is 4.62. The Kier molecular flexibility index (Phi) is 6.03. The maximum atomic E-state index is 13.1. The van der Waals surface area contributed by atoms with Gasteiger partial charge >= 0.3 is 0 Å². The predicted octanol–water partition coefficient (Wildman–Crippen LogP) is 3.46. The molecule has 2 aromatic carbocycles. The molecule has 0 saturated carbocycles. The molecule has 0 bridgehead atoms. The SMILES string of the molecule is CNCC1CCN(C(=O)c2cc([N+](=O)[O-])ccc2Oc2ccccc2)CC1. The Morgan fingerprint density at radius 2 is 1.93 bits per heavy atom. The lowest BCUT2D eigenvalue weighted by Gasteiger charge is -2.32. The second kappa shape index (κ2) is 8.64. The fourth-order valence-corrected chi connectivity index (χ4v) is 3.30. The van der Waals surface area contributed by atoms with Gasteiger partial charge in [-0.3, -0.25) is 14.9 Å². The lowest BCUT2D eigenvalue weighted by atomic mass is 9.96. The van der Waals surface area contributed by atoms with Crippen LogP contribution in [0, 0.1) is 16.0 Å². The average molecular weight is 369 g/mol. The number of ether oxygens (including phenoxy) is 1. The summed E-state index contributed by atoms with van der Waals surface area (Å²) in [4.78, 5) is 25.5. The first-order valence-electron chi connectivity index (χ1n) is 9.03. The molecule has 1 aliphatic heterocycles. The molecule has 1 fully saturated rings. The zero-order valence-corrected chi connectivity index (χ0v) is 15.3. The number of nitrogens with zero attached hydrogens (tertiary/aromatic N) is 2. The van der Waals surface area contributed by atoms with E-state index in [2.05, 4.69) is 5.32 Å². The van der Waals surface area contributed by atoms with E-state index in [-0.39, 0.29) is 17.2 Å². The van der Waals surface area contributed by atoms with Crippen LogP contribution < -0.4 is 10.1 Å². The minimum absolute atomic E-state index is 0.121. The number of carbonyl (C=O) groups is 1. The molecule has 1 saturated heterocycles. The third-order valence-corrected chi connectivity index (χ3v) is 4.77. The van der Waals surface area contributed by atoms with E-state index in [1.165, 1.54) is 18.2 Å². The number of nitrogens with one attached hydrogen (secondary N) is 1. The summed E-state index contributed by atoms with van der Waals surface area (Å²) in [6, 6.07) is 13.2. The highest BCUT2D eigenvalue weighted by atomic mass is 16.6. The van der Waals surface area contributed by atoms with Crippen molar-refractivity contribution >= 4 is 11.6 Å². The van der Waals surface area contributed by atoms with E-state index in [1.807, 2.05) is 25.2 Å². The van der Waals surface area contributed by atoms with Crippen molar-refractivity contribution in [3.8, 4) is 11.5 Å². The summed E-state index contributed by atoms with van der Waals surface area (Å²) < 4.78 is 5.84. The highest BCUT2D eigenvalue weighted by molar-refractivity contribution is 5.97. The molecule has 3 rings (SSSR count). The van der Waals surface area contributed by atoms with Crippen LogP contribution in [0.25, 0.3) is 0 Å². The number of nitro groups is 1. The fourth-order valence-electron chi connectivity index (χ4n) is 3.30. The largest absolute Gasteiger partial charge is 0.457 e. The zero-order valence-electron chi connectivity index (χ0n) is 15.3. The Hall–Kier alpha value is -2.93. The molecule has 2 aromatic rings. The standard InChI is InChI=1S/C20H23N3O4/c1-21-14-15-9-11-22(12-10-15)20(24)18-13-16(23(25)26)7-8-19(18)27-17-5-3-2-4-6-17/h2-8,13,15,21H,9-12,14H2,1H3. The van der Waals surface area contributed by atoms with Crippen LogP contribution in [0.5, 0.6) is 11.5 Å². The van der Waals surface area contributed by atoms with Gasteiger partial charge in [0.15, 0.2) is 0 Å². The number of carbonyl (C=O) groups excluding carboxylic acids is 1. The van der Waals surface area contributed by atoms with Crippen LogP contribution in [0.3, 0.4) is 0 Å². The van der Waals surface area contributed by atoms with E-state index in [1.54, 1.807) is 17.0 Å². The molecule has 1 amide bonds. The Morgan fingerprint density at radius 3 is 2.56 bits per heavy atom. The van der Waals surface area contributed by atoms with Gasteiger partial charge in [-0.25, -0.2) is 0 Å². The molecule has 27 heavy (non-hydrogen) atoms. The Morgan fingerprint density at radius 1 is 1.22 bits per heavy atom. The van der Waals surface area contributed by atoms with Crippen molar-refractivity contribution in [3.63, 3.8) is 0 Å². The van der Waals surface area contributed by atoms with Gasteiger partial charge in [-0.1, -0.05) is 18.2 Å². The number of non-ortho nitro benzene ring substituents is 1. The molecular formula is C20H23N3O4. The molecule has 1 aliphatic rings. The molecule has 0 aromatic heterocycles. The van der Waals surface area contributed by atoms with Crippen molar-refractivity contribution in [2.45, 2.75) is 12.8 Å². The van der Waals surface area contributed by atoms with E-state index in [4.69, 9.17) is 4.74 Å². The Bertz CT molecular complexity index is 802. The fraction of sp³-hybridized carbons (Fsp3) is 0.350. The van der Waals surface area contributed by atoms with Crippen LogP contribution in [0.15, 0.2) is 48.5 Å². The number of hydrogen-bond donors (Lipinski definition) is 1. The molecule has 1 N–H and O–H groups in total. The number of amides is 1. The number of para-hydroxylation sites is 1. The first-order valence-corrected chi connectivity index (χ1v) is 9.03. The van der Waals surface area contributed by atoms with E-state index in [0.717, 1.165) is 19.4 Å². The van der Waals surface area contributed by atoms with Gasteiger partial charge in [0.2, 0.25) is 0 Å². The molecule has 0 atom stereocenters. The number of nitro benzene ring substituents is 1. The molecule has 0 unspecified atom stereocenters. The van der Waals surface area contributed by atoms with Crippen molar-refractivity contribution in [2.24, 2.45) is 5.92 Å².